The second-order valence-electron chi connectivity index (χ2n) is 9.16. The number of nitrogens with one attached hydrogen (secondary N) is 2. The van der Waals surface area contributed by atoms with Gasteiger partial charge in [0.05, 0.1) is 49.5 Å². The Morgan fingerprint density at radius 1 is 1.26 bits per heavy atom. The number of amides is 1. The number of alkyl halides is 1. The molecule has 0 aromatic carbocycles. The van der Waals surface area contributed by atoms with Crippen molar-refractivity contribution in [3.05, 3.63) is 35.8 Å². The van der Waals surface area contributed by atoms with Crippen molar-refractivity contribution in [1.82, 2.24) is 15.0 Å². The molecule has 3 aliphatic heterocycles. The summed E-state index contributed by atoms with van der Waals surface area (Å²) < 4.78 is 37.7. The first-order valence-electron chi connectivity index (χ1n) is 11.4. The van der Waals surface area contributed by atoms with Crippen LogP contribution in [0.2, 0.25) is 0 Å². The molecule has 2 fully saturated rings. The summed E-state index contributed by atoms with van der Waals surface area (Å²) in [6.45, 7) is 2.96. The van der Waals surface area contributed by atoms with Crippen molar-refractivity contribution in [2.45, 2.75) is 31.0 Å². The fourth-order valence-corrected chi connectivity index (χ4v) is 4.79. The molecule has 10 heteroatoms. The SMILES string of the molecule is CC(=O)Nc1cc2c(-c3cc(OCC4(F)COC4)c4c(n3)C3(CCOC3)OCC4)c[nH]c2cn1. The number of halogens is 1. The Hall–Kier alpha value is -3.08. The second-order valence-corrected chi connectivity index (χ2v) is 9.16. The van der Waals surface area contributed by atoms with Crippen LogP contribution in [-0.4, -0.2) is 66.2 Å². The third-order valence-electron chi connectivity index (χ3n) is 6.58. The molecule has 2 saturated heterocycles. The topological polar surface area (TPSA) is 108 Å². The minimum absolute atomic E-state index is 0.0371. The van der Waals surface area contributed by atoms with Crippen LogP contribution in [0.15, 0.2) is 24.5 Å². The number of hydrogen-bond acceptors (Lipinski definition) is 7. The van der Waals surface area contributed by atoms with Crippen molar-refractivity contribution in [3.63, 3.8) is 0 Å². The van der Waals surface area contributed by atoms with E-state index in [2.05, 4.69) is 15.3 Å². The minimum Gasteiger partial charge on any atom is -0.490 e. The van der Waals surface area contributed by atoms with Crippen LogP contribution in [0, 0.1) is 0 Å². The Morgan fingerprint density at radius 2 is 2.15 bits per heavy atom. The third-order valence-corrected chi connectivity index (χ3v) is 6.58. The number of carbonyl (C=O) groups excluding carboxylic acids is 1. The van der Waals surface area contributed by atoms with Gasteiger partial charge in [0.15, 0.2) is 5.67 Å². The average molecular weight is 468 g/mol. The second kappa shape index (κ2) is 8.00. The highest BCUT2D eigenvalue weighted by molar-refractivity contribution is 5.97. The van der Waals surface area contributed by atoms with E-state index in [9.17, 15) is 9.18 Å². The number of rotatable bonds is 5. The fourth-order valence-electron chi connectivity index (χ4n) is 4.79. The molecule has 0 bridgehead atoms. The summed E-state index contributed by atoms with van der Waals surface area (Å²) in [4.78, 5) is 24.0. The highest BCUT2D eigenvalue weighted by atomic mass is 19.1. The van der Waals surface area contributed by atoms with Gasteiger partial charge < -0.3 is 29.2 Å². The van der Waals surface area contributed by atoms with Crippen LogP contribution in [0.5, 0.6) is 5.75 Å². The molecule has 2 N–H and O–H groups in total. The summed E-state index contributed by atoms with van der Waals surface area (Å²) in [7, 11) is 0. The van der Waals surface area contributed by atoms with Gasteiger partial charge in [-0.3, -0.25) is 4.79 Å². The zero-order valence-electron chi connectivity index (χ0n) is 18.8. The molecule has 3 aromatic rings. The van der Waals surface area contributed by atoms with E-state index in [1.54, 1.807) is 12.3 Å². The lowest BCUT2D eigenvalue weighted by Crippen LogP contribution is -2.50. The zero-order valence-corrected chi connectivity index (χ0v) is 18.8. The van der Waals surface area contributed by atoms with Crippen molar-refractivity contribution < 1.29 is 28.1 Å². The molecule has 9 nitrogen and oxygen atoms in total. The first kappa shape index (κ1) is 21.5. The lowest BCUT2D eigenvalue weighted by atomic mass is 9.89. The van der Waals surface area contributed by atoms with E-state index in [0.29, 0.717) is 49.9 Å². The summed E-state index contributed by atoms with van der Waals surface area (Å²) in [6, 6.07) is 3.66. The molecule has 1 amide bonds. The zero-order chi connectivity index (χ0) is 23.3. The molecule has 0 saturated carbocycles. The predicted molar refractivity (Wildman–Crippen MR) is 121 cm³/mol. The average Bonchev–Trinajstić information content (AvgIpc) is 3.44. The summed E-state index contributed by atoms with van der Waals surface area (Å²) in [5, 5.41) is 3.56. The number of ether oxygens (including phenoxy) is 4. The van der Waals surface area contributed by atoms with Gasteiger partial charge in [-0.25, -0.2) is 14.4 Å². The van der Waals surface area contributed by atoms with E-state index in [1.165, 1.54) is 6.92 Å². The van der Waals surface area contributed by atoms with Gasteiger partial charge in [-0.1, -0.05) is 0 Å². The van der Waals surface area contributed by atoms with Gasteiger partial charge in [-0.2, -0.15) is 0 Å². The van der Waals surface area contributed by atoms with Crippen molar-refractivity contribution in [2.24, 2.45) is 0 Å². The van der Waals surface area contributed by atoms with Gasteiger partial charge in [0.25, 0.3) is 0 Å². The van der Waals surface area contributed by atoms with Crippen LogP contribution >= 0.6 is 0 Å². The van der Waals surface area contributed by atoms with Crippen LogP contribution in [0.25, 0.3) is 22.2 Å². The van der Waals surface area contributed by atoms with Crippen LogP contribution < -0.4 is 10.1 Å². The monoisotopic (exact) mass is 468 g/mol. The first-order valence-corrected chi connectivity index (χ1v) is 11.4. The van der Waals surface area contributed by atoms with Gasteiger partial charge in [0.2, 0.25) is 5.91 Å². The summed E-state index contributed by atoms with van der Waals surface area (Å²) in [5.41, 5.74) is 1.89. The maximum absolute atomic E-state index is 14.7. The van der Waals surface area contributed by atoms with Crippen LogP contribution in [-0.2, 0) is 31.0 Å². The van der Waals surface area contributed by atoms with Gasteiger partial charge in [0.1, 0.15) is 23.8 Å². The summed E-state index contributed by atoms with van der Waals surface area (Å²) in [5.74, 6) is 0.847. The number of anilines is 1. The maximum atomic E-state index is 14.7. The standard InChI is InChI=1S/C24H25FN4O5/c1-14(30)28-21-6-16-17(8-26-19(16)9-27-21)18-7-20(33-12-23(25)10-32-11-23)15-2-4-34-24(22(15)29-18)3-5-31-13-24/h6-9,26H,2-5,10-13H2,1H3,(H,27,28,30). The third kappa shape index (κ3) is 3.62. The Bertz CT molecular complexity index is 1270. The highest BCUT2D eigenvalue weighted by Crippen LogP contribution is 2.44. The van der Waals surface area contributed by atoms with E-state index < -0.39 is 11.3 Å². The Balaban J connectivity index is 1.47. The molecular weight excluding hydrogens is 443 g/mol. The van der Waals surface area contributed by atoms with Crippen LogP contribution in [0.1, 0.15) is 24.6 Å². The maximum Gasteiger partial charge on any atom is 0.222 e. The Labute approximate surface area is 195 Å². The number of aromatic nitrogens is 3. The van der Waals surface area contributed by atoms with E-state index in [0.717, 1.165) is 27.7 Å². The van der Waals surface area contributed by atoms with E-state index in [-0.39, 0.29) is 25.7 Å². The minimum atomic E-state index is -1.48. The summed E-state index contributed by atoms with van der Waals surface area (Å²) in [6.07, 6.45) is 4.83. The normalized spacial score (nSPS) is 23.0. The molecular formula is C24H25FN4O5. The van der Waals surface area contributed by atoms with Crippen LogP contribution in [0.4, 0.5) is 10.2 Å². The molecule has 3 aromatic heterocycles. The lowest BCUT2D eigenvalue weighted by molar-refractivity contribution is -0.146. The number of aromatic amines is 1. The number of pyridine rings is 2. The number of H-pyrrole nitrogens is 1. The van der Waals surface area contributed by atoms with E-state index >= 15 is 0 Å². The molecule has 178 valence electrons. The molecule has 1 atom stereocenters. The van der Waals surface area contributed by atoms with Crippen LogP contribution in [0.3, 0.4) is 0 Å². The number of carbonyl (C=O) groups is 1. The van der Waals surface area contributed by atoms with Crippen molar-refractivity contribution in [1.29, 1.82) is 0 Å². The quantitative estimate of drug-likeness (QED) is 0.593. The molecule has 1 spiro atoms. The van der Waals surface area contributed by atoms with Crippen molar-refractivity contribution in [3.8, 4) is 17.0 Å². The van der Waals surface area contributed by atoms with E-state index in [4.69, 9.17) is 23.9 Å². The number of hydrogen-bond donors (Lipinski definition) is 2. The molecule has 0 aliphatic carbocycles. The largest absolute Gasteiger partial charge is 0.490 e. The van der Waals surface area contributed by atoms with Gasteiger partial charge in [-0.05, 0) is 6.07 Å². The first-order chi connectivity index (χ1) is 16.4. The molecule has 0 radical (unpaired) electrons. The predicted octanol–water partition coefficient (Wildman–Crippen LogP) is 2.89. The smallest absolute Gasteiger partial charge is 0.222 e. The highest BCUT2D eigenvalue weighted by Gasteiger charge is 2.45. The molecule has 6 rings (SSSR count). The Kier molecular flexibility index (Phi) is 5.05. The lowest BCUT2D eigenvalue weighted by Gasteiger charge is -2.36. The molecule has 1 unspecified atom stereocenters. The molecule has 6 heterocycles. The molecule has 3 aliphatic rings. The van der Waals surface area contributed by atoms with Gasteiger partial charge in [0, 0.05) is 55.1 Å². The number of fused-ring (bicyclic) bond motifs is 3. The van der Waals surface area contributed by atoms with Crippen molar-refractivity contribution >= 4 is 22.6 Å². The van der Waals surface area contributed by atoms with Crippen molar-refractivity contribution in [2.75, 3.05) is 45.0 Å². The van der Waals surface area contributed by atoms with Gasteiger partial charge >= 0.3 is 0 Å². The fraction of sp³-hybridized carbons (Fsp3) is 0.458. The molecule has 34 heavy (non-hydrogen) atoms. The number of nitrogens with zero attached hydrogens (tertiary/aromatic N) is 2. The summed E-state index contributed by atoms with van der Waals surface area (Å²) >= 11 is 0. The Morgan fingerprint density at radius 3 is 2.88 bits per heavy atom. The van der Waals surface area contributed by atoms with E-state index in [1.807, 2.05) is 12.3 Å². The van der Waals surface area contributed by atoms with Gasteiger partial charge in [-0.15, -0.1) is 0 Å².